The Bertz CT molecular complexity index is 169. The van der Waals surface area contributed by atoms with Crippen LogP contribution >= 0.6 is 0 Å². The molecule has 0 fully saturated rings. The van der Waals surface area contributed by atoms with E-state index in [-0.39, 0.29) is 0 Å². The largest absolute Gasteiger partial charge is 0.314 e. The van der Waals surface area contributed by atoms with Crippen LogP contribution in [0.3, 0.4) is 0 Å². The summed E-state index contributed by atoms with van der Waals surface area (Å²) in [6.45, 7) is 17.4. The highest BCUT2D eigenvalue weighted by molar-refractivity contribution is 4.80. The molecule has 0 aliphatic heterocycles. The van der Waals surface area contributed by atoms with E-state index in [2.05, 4.69) is 53.8 Å². The summed E-state index contributed by atoms with van der Waals surface area (Å²) in [6.07, 6.45) is 3.94. The van der Waals surface area contributed by atoms with Crippen molar-refractivity contribution in [2.45, 2.75) is 73.8 Å². The molecule has 0 aromatic carbocycles. The van der Waals surface area contributed by atoms with Crippen LogP contribution < -0.4 is 5.32 Å². The van der Waals surface area contributed by atoms with Crippen molar-refractivity contribution in [2.75, 3.05) is 6.54 Å². The molecular weight excluding hydrogens is 194 g/mol. The van der Waals surface area contributed by atoms with Crippen LogP contribution in [-0.2, 0) is 0 Å². The third kappa shape index (κ3) is 5.89. The summed E-state index contributed by atoms with van der Waals surface area (Å²) in [7, 11) is 0. The molecule has 1 N–H and O–H groups in total. The minimum Gasteiger partial charge on any atom is -0.314 e. The van der Waals surface area contributed by atoms with E-state index in [4.69, 9.17) is 0 Å². The highest BCUT2D eigenvalue weighted by Crippen LogP contribution is 2.31. The van der Waals surface area contributed by atoms with Gasteiger partial charge in [-0.1, -0.05) is 54.9 Å². The van der Waals surface area contributed by atoms with Crippen molar-refractivity contribution < 1.29 is 0 Å². The van der Waals surface area contributed by atoms with Crippen LogP contribution in [0.4, 0.5) is 0 Å². The monoisotopic (exact) mass is 227 g/mol. The molecule has 0 heterocycles. The molecule has 0 saturated carbocycles. The maximum absolute atomic E-state index is 3.67. The first-order valence-electron chi connectivity index (χ1n) is 7.06. The summed E-state index contributed by atoms with van der Waals surface area (Å²) < 4.78 is 0. The lowest BCUT2D eigenvalue weighted by atomic mass is 9.76. The minimum atomic E-state index is 0.430. The SMILES string of the molecule is CCCC(C)C(CC(C)C(C)(C)C)NCC. The van der Waals surface area contributed by atoms with Crippen molar-refractivity contribution in [3.63, 3.8) is 0 Å². The van der Waals surface area contributed by atoms with Gasteiger partial charge in [-0.2, -0.15) is 0 Å². The fourth-order valence-corrected chi connectivity index (χ4v) is 2.17. The van der Waals surface area contributed by atoms with Gasteiger partial charge in [-0.3, -0.25) is 0 Å². The zero-order valence-electron chi connectivity index (χ0n) is 12.6. The molecule has 0 spiro atoms. The van der Waals surface area contributed by atoms with E-state index in [9.17, 15) is 0 Å². The van der Waals surface area contributed by atoms with Crippen LogP contribution in [0.25, 0.3) is 0 Å². The van der Waals surface area contributed by atoms with Gasteiger partial charge in [0.05, 0.1) is 0 Å². The molecule has 3 unspecified atom stereocenters. The Labute approximate surface area is 103 Å². The van der Waals surface area contributed by atoms with Crippen molar-refractivity contribution in [3.05, 3.63) is 0 Å². The second-order valence-corrected chi connectivity index (χ2v) is 6.43. The predicted octanol–water partition coefficient (Wildman–Crippen LogP) is 4.47. The average Bonchev–Trinajstić information content (AvgIpc) is 2.15. The van der Waals surface area contributed by atoms with Crippen LogP contribution in [-0.4, -0.2) is 12.6 Å². The highest BCUT2D eigenvalue weighted by atomic mass is 14.9. The maximum Gasteiger partial charge on any atom is 0.00953 e. The standard InChI is InChI=1S/C15H33N/c1-8-10-12(3)14(16-9-2)11-13(4)15(5,6)7/h12-14,16H,8-11H2,1-7H3. The first-order valence-corrected chi connectivity index (χ1v) is 7.06. The van der Waals surface area contributed by atoms with Gasteiger partial charge in [-0.15, -0.1) is 0 Å². The molecule has 0 saturated heterocycles. The van der Waals surface area contributed by atoms with Gasteiger partial charge in [0.1, 0.15) is 0 Å². The van der Waals surface area contributed by atoms with Gasteiger partial charge >= 0.3 is 0 Å². The minimum absolute atomic E-state index is 0.430. The lowest BCUT2D eigenvalue weighted by molar-refractivity contribution is 0.198. The van der Waals surface area contributed by atoms with E-state index in [0.717, 1.165) is 18.4 Å². The number of nitrogens with one attached hydrogen (secondary N) is 1. The van der Waals surface area contributed by atoms with E-state index in [1.165, 1.54) is 19.3 Å². The summed E-state index contributed by atoms with van der Waals surface area (Å²) in [5.74, 6) is 1.57. The fraction of sp³-hybridized carbons (Fsp3) is 1.00. The highest BCUT2D eigenvalue weighted by Gasteiger charge is 2.25. The second kappa shape index (κ2) is 7.32. The molecule has 98 valence electrons. The molecule has 16 heavy (non-hydrogen) atoms. The van der Waals surface area contributed by atoms with Gasteiger partial charge in [0.25, 0.3) is 0 Å². The first kappa shape index (κ1) is 16.0. The normalized spacial score (nSPS) is 18.2. The van der Waals surface area contributed by atoms with Crippen LogP contribution in [0.1, 0.15) is 67.7 Å². The third-order valence-electron chi connectivity index (χ3n) is 3.98. The topological polar surface area (TPSA) is 12.0 Å². The summed E-state index contributed by atoms with van der Waals surface area (Å²) in [4.78, 5) is 0. The maximum atomic E-state index is 3.67. The smallest absolute Gasteiger partial charge is 0.00953 e. The van der Waals surface area contributed by atoms with Crippen LogP contribution in [0.2, 0.25) is 0 Å². The Hall–Kier alpha value is -0.0400. The van der Waals surface area contributed by atoms with E-state index < -0.39 is 0 Å². The molecule has 1 nitrogen and oxygen atoms in total. The molecule has 0 bridgehead atoms. The molecule has 0 rings (SSSR count). The van der Waals surface area contributed by atoms with Crippen molar-refractivity contribution in [2.24, 2.45) is 17.3 Å². The summed E-state index contributed by atoms with van der Waals surface area (Å²) >= 11 is 0. The van der Waals surface area contributed by atoms with Crippen molar-refractivity contribution in [1.29, 1.82) is 0 Å². The Morgan fingerprint density at radius 3 is 2.00 bits per heavy atom. The molecule has 0 aromatic heterocycles. The lowest BCUT2D eigenvalue weighted by Crippen LogP contribution is -2.38. The molecular formula is C15H33N. The molecule has 0 aromatic rings. The molecule has 0 aliphatic carbocycles. The molecule has 0 amide bonds. The Morgan fingerprint density at radius 2 is 1.62 bits per heavy atom. The van der Waals surface area contributed by atoms with Gasteiger partial charge in [0.2, 0.25) is 0 Å². The van der Waals surface area contributed by atoms with Crippen LogP contribution in [0.5, 0.6) is 0 Å². The van der Waals surface area contributed by atoms with E-state index in [1.54, 1.807) is 0 Å². The molecule has 0 aliphatic rings. The predicted molar refractivity (Wildman–Crippen MR) is 74.8 cm³/mol. The number of hydrogen-bond donors (Lipinski definition) is 1. The van der Waals surface area contributed by atoms with Crippen LogP contribution in [0, 0.1) is 17.3 Å². The van der Waals surface area contributed by atoms with Crippen molar-refractivity contribution in [3.8, 4) is 0 Å². The number of hydrogen-bond acceptors (Lipinski definition) is 1. The van der Waals surface area contributed by atoms with Gasteiger partial charge in [-0.05, 0) is 36.6 Å². The zero-order valence-corrected chi connectivity index (χ0v) is 12.6. The van der Waals surface area contributed by atoms with Crippen molar-refractivity contribution >= 4 is 0 Å². The van der Waals surface area contributed by atoms with E-state index >= 15 is 0 Å². The lowest BCUT2D eigenvalue weighted by Gasteiger charge is -2.33. The van der Waals surface area contributed by atoms with Gasteiger partial charge in [-0.25, -0.2) is 0 Å². The Balaban J connectivity index is 4.32. The van der Waals surface area contributed by atoms with E-state index in [0.29, 0.717) is 11.5 Å². The van der Waals surface area contributed by atoms with Crippen LogP contribution in [0.15, 0.2) is 0 Å². The molecule has 1 heteroatoms. The summed E-state index contributed by atoms with van der Waals surface area (Å²) in [6, 6.07) is 0.694. The summed E-state index contributed by atoms with van der Waals surface area (Å²) in [5.41, 5.74) is 0.430. The quantitative estimate of drug-likeness (QED) is 0.676. The van der Waals surface area contributed by atoms with Gasteiger partial charge in [0.15, 0.2) is 0 Å². The Morgan fingerprint density at radius 1 is 1.06 bits per heavy atom. The number of rotatable bonds is 7. The zero-order chi connectivity index (χ0) is 12.8. The van der Waals surface area contributed by atoms with Gasteiger partial charge in [0, 0.05) is 6.04 Å². The molecule has 3 atom stereocenters. The third-order valence-corrected chi connectivity index (χ3v) is 3.98. The fourth-order valence-electron chi connectivity index (χ4n) is 2.17. The van der Waals surface area contributed by atoms with Gasteiger partial charge < -0.3 is 5.32 Å². The second-order valence-electron chi connectivity index (χ2n) is 6.43. The van der Waals surface area contributed by atoms with E-state index in [1.807, 2.05) is 0 Å². The first-order chi connectivity index (χ1) is 7.32. The Kier molecular flexibility index (Phi) is 7.30. The van der Waals surface area contributed by atoms with Crippen molar-refractivity contribution in [1.82, 2.24) is 5.32 Å². The molecule has 0 radical (unpaired) electrons. The summed E-state index contributed by atoms with van der Waals surface area (Å²) in [5, 5.41) is 3.67. The average molecular weight is 227 g/mol.